The predicted octanol–water partition coefficient (Wildman–Crippen LogP) is 3.55. The Morgan fingerprint density at radius 3 is 2.67 bits per heavy atom. The molecule has 0 bridgehead atoms. The molecule has 2 aromatic carbocycles. The van der Waals surface area contributed by atoms with Gasteiger partial charge in [0.05, 0.1) is 12.8 Å². The van der Waals surface area contributed by atoms with Gasteiger partial charge in [-0.15, -0.1) is 0 Å². The Morgan fingerprint density at radius 2 is 1.92 bits per heavy atom. The van der Waals surface area contributed by atoms with Crippen molar-refractivity contribution in [3.63, 3.8) is 0 Å². The third-order valence-electron chi connectivity index (χ3n) is 4.34. The van der Waals surface area contributed by atoms with Crippen molar-refractivity contribution in [3.8, 4) is 17.2 Å². The minimum Gasteiger partial charge on any atom is -0.497 e. The van der Waals surface area contributed by atoms with Gasteiger partial charge in [-0.25, -0.2) is 0 Å². The van der Waals surface area contributed by atoms with Gasteiger partial charge in [0.1, 0.15) is 11.9 Å². The Bertz CT molecular complexity index is 754. The first-order valence-electron chi connectivity index (χ1n) is 8.07. The van der Waals surface area contributed by atoms with Crippen molar-refractivity contribution in [2.75, 3.05) is 13.9 Å². The Kier molecular flexibility index (Phi) is 3.99. The molecule has 2 aliphatic heterocycles. The molecule has 0 fully saturated rings. The second-order valence-electron chi connectivity index (χ2n) is 5.92. The maximum Gasteiger partial charge on any atom is 0.231 e. The van der Waals surface area contributed by atoms with E-state index in [1.54, 1.807) is 7.11 Å². The summed E-state index contributed by atoms with van der Waals surface area (Å²) < 4.78 is 15.9. The van der Waals surface area contributed by atoms with Crippen molar-refractivity contribution in [1.29, 1.82) is 0 Å². The van der Waals surface area contributed by atoms with E-state index < -0.39 is 0 Å². The van der Waals surface area contributed by atoms with Crippen molar-refractivity contribution in [2.45, 2.75) is 25.4 Å². The minimum atomic E-state index is 0.0902. The van der Waals surface area contributed by atoms with Crippen LogP contribution in [0.5, 0.6) is 17.2 Å². The lowest BCUT2D eigenvalue weighted by Crippen LogP contribution is -2.21. The van der Waals surface area contributed by atoms with Gasteiger partial charge >= 0.3 is 0 Å². The summed E-state index contributed by atoms with van der Waals surface area (Å²) in [5.41, 5.74) is 3.24. The zero-order valence-corrected chi connectivity index (χ0v) is 13.5. The summed E-state index contributed by atoms with van der Waals surface area (Å²) in [5, 5.41) is 4.33. The van der Waals surface area contributed by atoms with Crippen LogP contribution in [0.2, 0.25) is 0 Å². The molecule has 0 amide bonds. The molecule has 1 unspecified atom stereocenters. The number of oxime groups is 1. The zero-order chi connectivity index (χ0) is 16.4. The topological polar surface area (TPSA) is 49.3 Å². The highest BCUT2D eigenvalue weighted by atomic mass is 16.7. The van der Waals surface area contributed by atoms with E-state index in [1.807, 2.05) is 36.4 Å². The number of hydrogen-bond acceptors (Lipinski definition) is 5. The molecule has 24 heavy (non-hydrogen) atoms. The van der Waals surface area contributed by atoms with Gasteiger partial charge in [-0.05, 0) is 60.4 Å². The standard InChI is InChI=1S/C19H19NO4/c1-21-15-5-3-14(4-6-15)17-8-7-16(24-20-17)10-13-2-9-18-19(11-13)23-12-22-18/h2-6,9,11,16H,7-8,10,12H2,1H3. The van der Waals surface area contributed by atoms with Gasteiger partial charge < -0.3 is 19.0 Å². The molecule has 2 heterocycles. The van der Waals surface area contributed by atoms with Crippen molar-refractivity contribution < 1.29 is 19.0 Å². The van der Waals surface area contributed by atoms with Gasteiger partial charge in [0.2, 0.25) is 6.79 Å². The molecule has 1 atom stereocenters. The third kappa shape index (κ3) is 3.02. The van der Waals surface area contributed by atoms with Gasteiger partial charge in [0.15, 0.2) is 11.5 Å². The normalized spacial score (nSPS) is 18.7. The summed E-state index contributed by atoms with van der Waals surface area (Å²) in [4.78, 5) is 5.71. The largest absolute Gasteiger partial charge is 0.497 e. The Hall–Kier alpha value is -2.69. The molecule has 0 saturated carbocycles. The van der Waals surface area contributed by atoms with Crippen LogP contribution < -0.4 is 14.2 Å². The average molecular weight is 325 g/mol. The Labute approximate surface area is 140 Å². The number of fused-ring (bicyclic) bond motifs is 1. The summed E-state index contributed by atoms with van der Waals surface area (Å²) >= 11 is 0. The lowest BCUT2D eigenvalue weighted by atomic mass is 9.98. The summed E-state index contributed by atoms with van der Waals surface area (Å²) in [5.74, 6) is 2.46. The van der Waals surface area contributed by atoms with E-state index in [9.17, 15) is 0 Å². The molecule has 5 heteroatoms. The number of methoxy groups -OCH3 is 1. The summed E-state index contributed by atoms with van der Waals surface area (Å²) in [6, 6.07) is 13.9. The number of hydrogen-bond donors (Lipinski definition) is 0. The summed E-state index contributed by atoms with van der Waals surface area (Å²) in [7, 11) is 1.66. The molecule has 4 rings (SSSR count). The van der Waals surface area contributed by atoms with Crippen LogP contribution in [-0.4, -0.2) is 25.7 Å². The fourth-order valence-corrected chi connectivity index (χ4v) is 2.98. The van der Waals surface area contributed by atoms with Crippen LogP contribution >= 0.6 is 0 Å². The van der Waals surface area contributed by atoms with Gasteiger partial charge in [-0.1, -0.05) is 11.2 Å². The molecule has 124 valence electrons. The molecule has 0 N–H and O–H groups in total. The van der Waals surface area contributed by atoms with E-state index in [0.29, 0.717) is 6.79 Å². The van der Waals surface area contributed by atoms with E-state index in [-0.39, 0.29) is 6.10 Å². The first kappa shape index (κ1) is 14.9. The predicted molar refractivity (Wildman–Crippen MR) is 89.9 cm³/mol. The fraction of sp³-hybridized carbons (Fsp3) is 0.316. The van der Waals surface area contributed by atoms with Crippen LogP contribution in [0.3, 0.4) is 0 Å². The molecule has 2 aromatic rings. The minimum absolute atomic E-state index is 0.0902. The molecular formula is C19H19NO4. The van der Waals surface area contributed by atoms with Crippen LogP contribution in [0.1, 0.15) is 24.0 Å². The van der Waals surface area contributed by atoms with Crippen molar-refractivity contribution in [1.82, 2.24) is 0 Å². The van der Waals surface area contributed by atoms with Crippen LogP contribution in [0.25, 0.3) is 0 Å². The van der Waals surface area contributed by atoms with E-state index in [4.69, 9.17) is 19.0 Å². The number of ether oxygens (including phenoxy) is 3. The van der Waals surface area contributed by atoms with E-state index in [1.165, 1.54) is 5.56 Å². The van der Waals surface area contributed by atoms with Gasteiger partial charge in [-0.3, -0.25) is 0 Å². The van der Waals surface area contributed by atoms with E-state index >= 15 is 0 Å². The second kappa shape index (κ2) is 6.43. The van der Waals surface area contributed by atoms with Crippen molar-refractivity contribution in [2.24, 2.45) is 5.16 Å². The Morgan fingerprint density at radius 1 is 1.08 bits per heavy atom. The summed E-state index contributed by atoms with van der Waals surface area (Å²) in [6.45, 7) is 0.300. The molecule has 2 aliphatic rings. The quantitative estimate of drug-likeness (QED) is 0.862. The second-order valence-corrected chi connectivity index (χ2v) is 5.92. The number of rotatable bonds is 4. The van der Waals surface area contributed by atoms with Crippen LogP contribution in [-0.2, 0) is 11.3 Å². The molecular weight excluding hydrogens is 306 g/mol. The molecule has 5 nitrogen and oxygen atoms in total. The number of benzene rings is 2. The Balaban J connectivity index is 1.40. The summed E-state index contributed by atoms with van der Waals surface area (Å²) in [6.07, 6.45) is 2.75. The highest BCUT2D eigenvalue weighted by molar-refractivity contribution is 6.00. The highest BCUT2D eigenvalue weighted by Gasteiger charge is 2.21. The molecule has 0 aliphatic carbocycles. The smallest absolute Gasteiger partial charge is 0.231 e. The van der Waals surface area contributed by atoms with Gasteiger partial charge in [0.25, 0.3) is 0 Å². The molecule has 0 saturated heterocycles. The maximum absolute atomic E-state index is 5.71. The van der Waals surface area contributed by atoms with E-state index in [0.717, 1.165) is 47.8 Å². The van der Waals surface area contributed by atoms with Crippen LogP contribution in [0.4, 0.5) is 0 Å². The SMILES string of the molecule is COc1ccc(C2=NOC(Cc3ccc4c(c3)OCO4)CC2)cc1. The third-order valence-corrected chi connectivity index (χ3v) is 4.34. The van der Waals surface area contributed by atoms with Crippen LogP contribution in [0.15, 0.2) is 47.6 Å². The van der Waals surface area contributed by atoms with Gasteiger partial charge in [0, 0.05) is 6.42 Å². The van der Waals surface area contributed by atoms with E-state index in [2.05, 4.69) is 11.2 Å². The lowest BCUT2D eigenvalue weighted by Gasteiger charge is -2.21. The molecule has 0 aromatic heterocycles. The lowest BCUT2D eigenvalue weighted by molar-refractivity contribution is 0.0443. The number of nitrogens with zero attached hydrogens (tertiary/aromatic N) is 1. The molecule has 0 spiro atoms. The first-order chi connectivity index (χ1) is 11.8. The average Bonchev–Trinajstić information content (AvgIpc) is 3.10. The van der Waals surface area contributed by atoms with Crippen molar-refractivity contribution >= 4 is 5.71 Å². The van der Waals surface area contributed by atoms with Crippen molar-refractivity contribution in [3.05, 3.63) is 53.6 Å². The first-order valence-corrected chi connectivity index (χ1v) is 8.07. The monoisotopic (exact) mass is 325 g/mol. The van der Waals surface area contributed by atoms with Gasteiger partial charge in [-0.2, -0.15) is 0 Å². The zero-order valence-electron chi connectivity index (χ0n) is 13.5. The molecule has 0 radical (unpaired) electrons. The highest BCUT2D eigenvalue weighted by Crippen LogP contribution is 2.33. The maximum atomic E-state index is 5.71. The fourth-order valence-electron chi connectivity index (χ4n) is 2.98. The van der Waals surface area contributed by atoms with Crippen LogP contribution in [0, 0.1) is 0 Å².